The van der Waals surface area contributed by atoms with Gasteiger partial charge in [-0.05, 0) is 121 Å². The minimum atomic E-state index is 0.633. The molecule has 0 fully saturated rings. The monoisotopic (exact) mass is 875 g/mol. The first-order valence-corrected chi connectivity index (χ1v) is 23.5. The molecule has 326 valence electrons. The number of para-hydroxylation sites is 4. The molecule has 3 heterocycles. The minimum absolute atomic E-state index is 0.633. The number of hydrogen-bond donors (Lipinski definition) is 0. The Hall–Kier alpha value is -8.41. The van der Waals surface area contributed by atoms with Crippen LogP contribution >= 0.6 is 0 Å². The van der Waals surface area contributed by atoms with E-state index in [0.29, 0.717) is 17.5 Å². The molecule has 9 aromatic carbocycles. The second-order valence-electron chi connectivity index (χ2n) is 18.3. The maximum absolute atomic E-state index is 5.18. The fourth-order valence-corrected chi connectivity index (χ4v) is 11.2. The highest BCUT2D eigenvalue weighted by molar-refractivity contribution is 6.10. The smallest absolute Gasteiger partial charge is 0.164 e. The summed E-state index contributed by atoms with van der Waals surface area (Å²) in [7, 11) is 0. The normalized spacial score (nSPS) is 11.7. The molecule has 0 amide bonds. The molecule has 5 nitrogen and oxygen atoms in total. The summed E-state index contributed by atoms with van der Waals surface area (Å²) in [5, 5.41) is 5.05. The molecular formula is C63H49N5. The molecule has 0 aliphatic carbocycles. The van der Waals surface area contributed by atoms with Gasteiger partial charge in [-0.15, -0.1) is 0 Å². The van der Waals surface area contributed by atoms with Gasteiger partial charge in [-0.25, -0.2) is 15.0 Å². The van der Waals surface area contributed by atoms with Gasteiger partial charge in [0.1, 0.15) is 0 Å². The standard InChI is InChI=1S/C63H49N5/c1-38-36-40(3)59(67-53-24-14-10-20-49(53)50-21-11-15-25-54(50)67)42(5)57(38)44-28-32-47(33-29-44)62-64-61(46-18-8-7-9-19-46)65-63(66-62)48-34-30-45(31-35-48)58-39(2)37-41(4)60(43(58)6)68-55-26-16-12-22-51(55)52-23-13-17-27-56(52)68/h7-37H,1-6H3. The molecule has 5 heteroatoms. The van der Waals surface area contributed by atoms with E-state index >= 15 is 0 Å². The molecule has 0 aliphatic rings. The van der Waals surface area contributed by atoms with Crippen molar-refractivity contribution in [1.82, 2.24) is 24.1 Å². The van der Waals surface area contributed by atoms with Crippen molar-refractivity contribution in [2.45, 2.75) is 41.5 Å². The number of hydrogen-bond acceptors (Lipinski definition) is 3. The third kappa shape index (κ3) is 6.57. The predicted molar refractivity (Wildman–Crippen MR) is 284 cm³/mol. The highest BCUT2D eigenvalue weighted by Crippen LogP contribution is 2.41. The molecule has 0 unspecified atom stereocenters. The first-order valence-electron chi connectivity index (χ1n) is 23.5. The summed E-state index contributed by atoms with van der Waals surface area (Å²) in [4.78, 5) is 15.4. The summed E-state index contributed by atoms with van der Waals surface area (Å²) in [5.41, 5.74) is 22.4. The van der Waals surface area contributed by atoms with E-state index in [1.54, 1.807) is 0 Å². The van der Waals surface area contributed by atoms with Crippen molar-refractivity contribution in [1.29, 1.82) is 0 Å². The molecule has 68 heavy (non-hydrogen) atoms. The summed E-state index contributed by atoms with van der Waals surface area (Å²) < 4.78 is 4.90. The van der Waals surface area contributed by atoms with Gasteiger partial charge in [-0.2, -0.15) is 0 Å². The van der Waals surface area contributed by atoms with Crippen LogP contribution in [0, 0.1) is 41.5 Å². The molecule has 0 aliphatic heterocycles. The number of aromatic nitrogens is 5. The van der Waals surface area contributed by atoms with Crippen molar-refractivity contribution in [3.8, 4) is 67.8 Å². The van der Waals surface area contributed by atoms with Gasteiger partial charge in [-0.3, -0.25) is 0 Å². The van der Waals surface area contributed by atoms with Gasteiger partial charge in [0.25, 0.3) is 0 Å². The van der Waals surface area contributed by atoms with Crippen LogP contribution in [0.4, 0.5) is 0 Å². The van der Waals surface area contributed by atoms with Crippen molar-refractivity contribution in [3.63, 3.8) is 0 Å². The fraction of sp³-hybridized carbons (Fsp3) is 0.0952. The van der Waals surface area contributed by atoms with Crippen LogP contribution in [-0.2, 0) is 0 Å². The average molecular weight is 876 g/mol. The number of nitrogens with zero attached hydrogens (tertiary/aromatic N) is 5. The molecule has 12 aromatic rings. The highest BCUT2D eigenvalue weighted by Gasteiger charge is 2.22. The average Bonchev–Trinajstić information content (AvgIpc) is 3.87. The Morgan fingerprint density at radius 1 is 0.279 bits per heavy atom. The molecule has 12 rings (SSSR count). The van der Waals surface area contributed by atoms with Crippen LogP contribution in [-0.4, -0.2) is 24.1 Å². The second kappa shape index (κ2) is 16.2. The van der Waals surface area contributed by atoms with E-state index in [-0.39, 0.29) is 0 Å². The zero-order chi connectivity index (χ0) is 46.2. The van der Waals surface area contributed by atoms with E-state index in [1.165, 1.54) is 99.5 Å². The van der Waals surface area contributed by atoms with Crippen LogP contribution in [0.15, 0.2) is 188 Å². The van der Waals surface area contributed by atoms with Crippen LogP contribution in [0.2, 0.25) is 0 Å². The van der Waals surface area contributed by atoms with Crippen LogP contribution in [0.1, 0.15) is 33.4 Å². The Labute approximate surface area is 396 Å². The molecule has 0 bridgehead atoms. The van der Waals surface area contributed by atoms with E-state index < -0.39 is 0 Å². The van der Waals surface area contributed by atoms with Gasteiger partial charge in [0.15, 0.2) is 17.5 Å². The van der Waals surface area contributed by atoms with Gasteiger partial charge in [0, 0.05) is 38.2 Å². The third-order valence-corrected chi connectivity index (χ3v) is 14.0. The summed E-state index contributed by atoms with van der Waals surface area (Å²) in [5.74, 6) is 1.91. The summed E-state index contributed by atoms with van der Waals surface area (Å²) in [6.45, 7) is 13.4. The molecule has 0 saturated carbocycles. The number of aryl methyl sites for hydroxylation is 4. The SMILES string of the molecule is Cc1cc(C)c(-n2c3ccccc3c3ccccc32)c(C)c1-c1ccc(-c2nc(-c3ccccc3)nc(-c3ccc(-c4c(C)cc(C)c(-n5c6ccccc6c6ccccc65)c4C)cc3)n2)cc1. The Morgan fingerprint density at radius 3 is 0.897 bits per heavy atom. The second-order valence-corrected chi connectivity index (χ2v) is 18.3. The van der Waals surface area contributed by atoms with E-state index in [0.717, 1.165) is 27.8 Å². The summed E-state index contributed by atoms with van der Waals surface area (Å²) in [6.07, 6.45) is 0. The molecule has 0 spiro atoms. The number of rotatable bonds is 7. The Kier molecular flexibility index (Phi) is 9.77. The quantitative estimate of drug-likeness (QED) is 0.160. The lowest BCUT2D eigenvalue weighted by molar-refractivity contribution is 1.07. The zero-order valence-electron chi connectivity index (χ0n) is 39.1. The van der Waals surface area contributed by atoms with Gasteiger partial charge >= 0.3 is 0 Å². The molecule has 0 saturated heterocycles. The van der Waals surface area contributed by atoms with Crippen molar-refractivity contribution in [2.24, 2.45) is 0 Å². The van der Waals surface area contributed by atoms with Gasteiger partial charge in [0.2, 0.25) is 0 Å². The highest BCUT2D eigenvalue weighted by atomic mass is 15.0. The Bertz CT molecular complexity index is 3600. The lowest BCUT2D eigenvalue weighted by atomic mass is 9.91. The largest absolute Gasteiger partial charge is 0.309 e. The lowest BCUT2D eigenvalue weighted by Crippen LogP contribution is -2.04. The first kappa shape index (κ1) is 41.1. The first-order chi connectivity index (χ1) is 33.2. The predicted octanol–water partition coefficient (Wildman–Crippen LogP) is 16.3. The van der Waals surface area contributed by atoms with E-state index in [2.05, 4.69) is 221 Å². The third-order valence-electron chi connectivity index (χ3n) is 14.0. The van der Waals surface area contributed by atoms with E-state index in [1.807, 2.05) is 18.2 Å². The summed E-state index contributed by atoms with van der Waals surface area (Å²) in [6, 6.07) is 67.3. The Balaban J connectivity index is 0.932. The van der Waals surface area contributed by atoms with Crippen LogP contribution in [0.25, 0.3) is 111 Å². The van der Waals surface area contributed by atoms with E-state index in [4.69, 9.17) is 15.0 Å². The van der Waals surface area contributed by atoms with Gasteiger partial charge < -0.3 is 9.13 Å². The Morgan fingerprint density at radius 2 is 0.559 bits per heavy atom. The number of benzene rings is 9. The summed E-state index contributed by atoms with van der Waals surface area (Å²) >= 11 is 0. The molecule has 0 N–H and O–H groups in total. The van der Waals surface area contributed by atoms with Gasteiger partial charge in [0.05, 0.1) is 33.4 Å². The maximum Gasteiger partial charge on any atom is 0.164 e. The van der Waals surface area contributed by atoms with Crippen LogP contribution < -0.4 is 0 Å². The lowest BCUT2D eigenvalue weighted by Gasteiger charge is -2.20. The molecule has 0 radical (unpaired) electrons. The van der Waals surface area contributed by atoms with Crippen molar-refractivity contribution in [2.75, 3.05) is 0 Å². The fourth-order valence-electron chi connectivity index (χ4n) is 11.2. The molecular weight excluding hydrogens is 827 g/mol. The zero-order valence-corrected chi connectivity index (χ0v) is 39.1. The topological polar surface area (TPSA) is 48.5 Å². The van der Waals surface area contributed by atoms with Crippen molar-refractivity contribution >= 4 is 43.6 Å². The van der Waals surface area contributed by atoms with Crippen molar-refractivity contribution < 1.29 is 0 Å². The molecule has 0 atom stereocenters. The molecule has 3 aromatic heterocycles. The van der Waals surface area contributed by atoms with Crippen LogP contribution in [0.3, 0.4) is 0 Å². The van der Waals surface area contributed by atoms with Gasteiger partial charge in [-0.1, -0.05) is 164 Å². The number of fused-ring (bicyclic) bond motifs is 6. The van der Waals surface area contributed by atoms with Crippen LogP contribution in [0.5, 0.6) is 0 Å². The van der Waals surface area contributed by atoms with Crippen molar-refractivity contribution in [3.05, 3.63) is 221 Å². The maximum atomic E-state index is 5.18. The minimum Gasteiger partial charge on any atom is -0.309 e. The van der Waals surface area contributed by atoms with E-state index in [9.17, 15) is 0 Å².